The minimum atomic E-state index is -0.439. The zero-order valence-corrected chi connectivity index (χ0v) is 10.7. The van der Waals surface area contributed by atoms with Gasteiger partial charge in [0.25, 0.3) is 5.91 Å². The SMILES string of the molecule is Cc1ccccc1NC(=O)c1ccc(F)c(S)c1. The Morgan fingerprint density at radius 1 is 1.22 bits per heavy atom. The van der Waals surface area contributed by atoms with Crippen molar-refractivity contribution in [1.29, 1.82) is 0 Å². The van der Waals surface area contributed by atoms with Crippen LogP contribution in [0.25, 0.3) is 0 Å². The molecular weight excluding hydrogens is 249 g/mol. The lowest BCUT2D eigenvalue weighted by atomic mass is 10.1. The van der Waals surface area contributed by atoms with Gasteiger partial charge in [-0.2, -0.15) is 0 Å². The Morgan fingerprint density at radius 2 is 1.94 bits per heavy atom. The highest BCUT2D eigenvalue weighted by Gasteiger charge is 2.09. The number of aryl methyl sites for hydroxylation is 1. The van der Waals surface area contributed by atoms with Crippen LogP contribution in [0.4, 0.5) is 10.1 Å². The largest absolute Gasteiger partial charge is 0.322 e. The molecule has 0 saturated carbocycles. The summed E-state index contributed by atoms with van der Waals surface area (Å²) >= 11 is 3.95. The molecule has 0 aromatic heterocycles. The van der Waals surface area contributed by atoms with Crippen molar-refractivity contribution in [2.45, 2.75) is 11.8 Å². The summed E-state index contributed by atoms with van der Waals surface area (Å²) in [6.07, 6.45) is 0. The van der Waals surface area contributed by atoms with Crippen molar-refractivity contribution in [1.82, 2.24) is 0 Å². The number of hydrogen-bond donors (Lipinski definition) is 2. The van der Waals surface area contributed by atoms with Crippen LogP contribution >= 0.6 is 12.6 Å². The molecule has 0 radical (unpaired) electrons. The van der Waals surface area contributed by atoms with Gasteiger partial charge in [0.15, 0.2) is 0 Å². The second-order valence-electron chi connectivity index (χ2n) is 3.94. The van der Waals surface area contributed by atoms with E-state index in [1.807, 2.05) is 31.2 Å². The van der Waals surface area contributed by atoms with E-state index in [0.29, 0.717) is 5.56 Å². The van der Waals surface area contributed by atoms with Crippen molar-refractivity contribution >= 4 is 24.2 Å². The standard InChI is InChI=1S/C14H12FNOS/c1-9-4-2-3-5-12(9)16-14(17)10-6-7-11(15)13(18)8-10/h2-8,18H,1H3,(H,16,17). The Balaban J connectivity index is 2.22. The van der Waals surface area contributed by atoms with Gasteiger partial charge in [-0.3, -0.25) is 4.79 Å². The molecule has 2 rings (SSSR count). The number of carbonyl (C=O) groups is 1. The molecule has 0 atom stereocenters. The van der Waals surface area contributed by atoms with E-state index >= 15 is 0 Å². The second-order valence-corrected chi connectivity index (χ2v) is 4.42. The van der Waals surface area contributed by atoms with Crippen molar-refractivity contribution in [3.05, 3.63) is 59.4 Å². The number of thiol groups is 1. The fourth-order valence-electron chi connectivity index (χ4n) is 1.56. The van der Waals surface area contributed by atoms with Crippen LogP contribution < -0.4 is 5.32 Å². The maximum Gasteiger partial charge on any atom is 0.255 e. The van der Waals surface area contributed by atoms with Crippen LogP contribution in [0.2, 0.25) is 0 Å². The van der Waals surface area contributed by atoms with Gasteiger partial charge in [0.05, 0.1) is 0 Å². The molecule has 92 valence electrons. The fourth-order valence-corrected chi connectivity index (χ4v) is 1.78. The molecule has 0 heterocycles. The van der Waals surface area contributed by atoms with Gasteiger partial charge in [0.2, 0.25) is 0 Å². The molecule has 0 aliphatic rings. The number of halogens is 1. The normalized spacial score (nSPS) is 10.2. The lowest BCUT2D eigenvalue weighted by Crippen LogP contribution is -2.12. The number of carbonyl (C=O) groups excluding carboxylic acids is 1. The third-order valence-corrected chi connectivity index (χ3v) is 2.94. The van der Waals surface area contributed by atoms with Gasteiger partial charge in [-0.15, -0.1) is 12.6 Å². The first-order chi connectivity index (χ1) is 8.58. The Labute approximate surface area is 110 Å². The number of para-hydroxylation sites is 1. The summed E-state index contributed by atoms with van der Waals surface area (Å²) in [5.74, 6) is -0.717. The fraction of sp³-hybridized carbons (Fsp3) is 0.0714. The van der Waals surface area contributed by atoms with E-state index in [2.05, 4.69) is 17.9 Å². The van der Waals surface area contributed by atoms with Gasteiger partial charge < -0.3 is 5.32 Å². The highest BCUT2D eigenvalue weighted by molar-refractivity contribution is 7.80. The maximum absolute atomic E-state index is 13.0. The summed E-state index contributed by atoms with van der Waals surface area (Å²) in [5, 5.41) is 2.78. The molecule has 2 aromatic rings. The van der Waals surface area contributed by atoms with Crippen molar-refractivity contribution in [3.8, 4) is 0 Å². The molecule has 2 aromatic carbocycles. The molecular formula is C14H12FNOS. The van der Waals surface area contributed by atoms with Crippen LogP contribution in [0.3, 0.4) is 0 Å². The third kappa shape index (κ3) is 2.71. The van der Waals surface area contributed by atoms with Crippen LogP contribution in [-0.4, -0.2) is 5.91 Å². The summed E-state index contributed by atoms with van der Waals surface area (Å²) < 4.78 is 13.0. The predicted molar refractivity (Wildman–Crippen MR) is 72.8 cm³/mol. The van der Waals surface area contributed by atoms with Gasteiger partial charge >= 0.3 is 0 Å². The highest BCUT2D eigenvalue weighted by atomic mass is 32.1. The average molecular weight is 261 g/mol. The smallest absolute Gasteiger partial charge is 0.255 e. The van der Waals surface area contributed by atoms with Crippen molar-refractivity contribution in [3.63, 3.8) is 0 Å². The van der Waals surface area contributed by atoms with E-state index in [1.54, 1.807) is 0 Å². The number of anilines is 1. The molecule has 2 nitrogen and oxygen atoms in total. The first kappa shape index (κ1) is 12.6. The Bertz CT molecular complexity index is 598. The highest BCUT2D eigenvalue weighted by Crippen LogP contribution is 2.17. The lowest BCUT2D eigenvalue weighted by Gasteiger charge is -2.08. The molecule has 0 aliphatic heterocycles. The topological polar surface area (TPSA) is 29.1 Å². The molecule has 0 bridgehead atoms. The Hall–Kier alpha value is -1.81. The molecule has 1 N–H and O–H groups in total. The summed E-state index contributed by atoms with van der Waals surface area (Å²) in [6, 6.07) is 11.5. The minimum Gasteiger partial charge on any atom is -0.322 e. The lowest BCUT2D eigenvalue weighted by molar-refractivity contribution is 0.102. The predicted octanol–water partition coefficient (Wildman–Crippen LogP) is 3.68. The van der Waals surface area contributed by atoms with Crippen LogP contribution in [-0.2, 0) is 0 Å². The Kier molecular flexibility index (Phi) is 3.67. The zero-order valence-electron chi connectivity index (χ0n) is 9.77. The molecule has 0 unspecified atom stereocenters. The molecule has 1 amide bonds. The number of nitrogens with one attached hydrogen (secondary N) is 1. The number of amides is 1. The van der Waals surface area contributed by atoms with Gasteiger partial charge in [-0.25, -0.2) is 4.39 Å². The minimum absolute atomic E-state index is 0.160. The van der Waals surface area contributed by atoms with Gasteiger partial charge in [-0.1, -0.05) is 18.2 Å². The van der Waals surface area contributed by atoms with Crippen LogP contribution in [0.1, 0.15) is 15.9 Å². The monoisotopic (exact) mass is 261 g/mol. The number of benzene rings is 2. The maximum atomic E-state index is 13.0. The summed E-state index contributed by atoms with van der Waals surface area (Å²) in [4.78, 5) is 12.1. The summed E-state index contributed by atoms with van der Waals surface area (Å²) in [5.41, 5.74) is 2.09. The number of rotatable bonds is 2. The van der Waals surface area contributed by atoms with Crippen molar-refractivity contribution in [2.24, 2.45) is 0 Å². The van der Waals surface area contributed by atoms with E-state index in [0.717, 1.165) is 11.3 Å². The van der Waals surface area contributed by atoms with Crippen molar-refractivity contribution < 1.29 is 9.18 Å². The van der Waals surface area contributed by atoms with E-state index in [1.165, 1.54) is 18.2 Å². The van der Waals surface area contributed by atoms with E-state index in [-0.39, 0.29) is 10.8 Å². The van der Waals surface area contributed by atoms with Crippen LogP contribution in [0, 0.1) is 12.7 Å². The molecule has 0 fully saturated rings. The van der Waals surface area contributed by atoms with Crippen LogP contribution in [0.5, 0.6) is 0 Å². The van der Waals surface area contributed by atoms with Gasteiger partial charge in [0.1, 0.15) is 5.82 Å². The Morgan fingerprint density at radius 3 is 2.61 bits per heavy atom. The van der Waals surface area contributed by atoms with Crippen molar-refractivity contribution in [2.75, 3.05) is 5.32 Å². The molecule has 0 aliphatic carbocycles. The van der Waals surface area contributed by atoms with E-state index < -0.39 is 5.82 Å². The molecule has 0 saturated heterocycles. The zero-order chi connectivity index (χ0) is 13.1. The summed E-state index contributed by atoms with van der Waals surface area (Å²) in [7, 11) is 0. The van der Waals surface area contributed by atoms with E-state index in [9.17, 15) is 9.18 Å². The average Bonchev–Trinajstić information content (AvgIpc) is 2.35. The molecule has 4 heteroatoms. The number of hydrogen-bond acceptors (Lipinski definition) is 2. The van der Waals surface area contributed by atoms with Crippen LogP contribution in [0.15, 0.2) is 47.4 Å². The van der Waals surface area contributed by atoms with Gasteiger partial charge in [-0.05, 0) is 36.8 Å². The first-order valence-electron chi connectivity index (χ1n) is 5.43. The quantitative estimate of drug-likeness (QED) is 0.793. The summed E-state index contributed by atoms with van der Waals surface area (Å²) in [6.45, 7) is 1.91. The molecule has 18 heavy (non-hydrogen) atoms. The third-order valence-electron chi connectivity index (χ3n) is 2.60. The van der Waals surface area contributed by atoms with Gasteiger partial charge in [0, 0.05) is 16.1 Å². The second kappa shape index (κ2) is 5.23. The first-order valence-corrected chi connectivity index (χ1v) is 5.88. The van der Waals surface area contributed by atoms with E-state index in [4.69, 9.17) is 0 Å². The molecule has 0 spiro atoms.